The fourth-order valence-electron chi connectivity index (χ4n) is 2.29. The molecule has 7 heteroatoms. The maximum Gasteiger partial charge on any atom is 0.243 e. The van der Waals surface area contributed by atoms with E-state index in [0.29, 0.717) is 25.8 Å². The Balaban J connectivity index is 2.76. The molecular formula is C18H27N4O3. The molecule has 6 N–H and O–H groups in total. The molecule has 0 aromatic heterocycles. The first kappa shape index (κ1) is 20.8. The summed E-state index contributed by atoms with van der Waals surface area (Å²) in [6, 6.07) is 7.04. The van der Waals surface area contributed by atoms with E-state index < -0.39 is 29.9 Å². The summed E-state index contributed by atoms with van der Waals surface area (Å²) in [5.74, 6) is -0.857. The van der Waals surface area contributed by atoms with Gasteiger partial charge in [-0.3, -0.25) is 14.4 Å². The van der Waals surface area contributed by atoms with Crippen LogP contribution in [0.15, 0.2) is 30.3 Å². The summed E-state index contributed by atoms with van der Waals surface area (Å²) in [5, 5.41) is 5.27. The number of rotatable bonds is 11. The summed E-state index contributed by atoms with van der Waals surface area (Å²) in [6.07, 6.45) is 4.08. The highest BCUT2D eigenvalue weighted by Crippen LogP contribution is 2.05. The second kappa shape index (κ2) is 11.3. The molecule has 0 unspecified atom stereocenters. The van der Waals surface area contributed by atoms with Crippen LogP contribution in [0.1, 0.15) is 31.7 Å². The van der Waals surface area contributed by atoms with Crippen molar-refractivity contribution in [1.82, 2.24) is 10.6 Å². The van der Waals surface area contributed by atoms with Crippen LogP contribution in [0.2, 0.25) is 0 Å². The zero-order valence-corrected chi connectivity index (χ0v) is 14.5. The minimum Gasteiger partial charge on any atom is -0.344 e. The van der Waals surface area contributed by atoms with E-state index in [1.807, 2.05) is 36.6 Å². The normalized spacial score (nSPS) is 14.2. The molecule has 3 atom stereocenters. The Morgan fingerprint density at radius 1 is 1.12 bits per heavy atom. The number of amides is 2. The van der Waals surface area contributed by atoms with Crippen molar-refractivity contribution >= 4 is 18.1 Å². The highest BCUT2D eigenvalue weighted by molar-refractivity contribution is 5.90. The average molecular weight is 347 g/mol. The van der Waals surface area contributed by atoms with Crippen molar-refractivity contribution in [3.05, 3.63) is 35.9 Å². The largest absolute Gasteiger partial charge is 0.344 e. The van der Waals surface area contributed by atoms with E-state index in [9.17, 15) is 14.4 Å². The van der Waals surface area contributed by atoms with Crippen molar-refractivity contribution < 1.29 is 14.4 Å². The molecule has 0 bridgehead atoms. The topological polar surface area (TPSA) is 127 Å². The van der Waals surface area contributed by atoms with Gasteiger partial charge in [0.15, 0.2) is 0 Å². The number of unbranched alkanes of at least 4 members (excludes halogenated alkanes) is 1. The number of hydrogen-bond acceptors (Lipinski definition) is 5. The van der Waals surface area contributed by atoms with Gasteiger partial charge in [0.05, 0.1) is 12.1 Å². The summed E-state index contributed by atoms with van der Waals surface area (Å²) in [4.78, 5) is 35.5. The van der Waals surface area contributed by atoms with Crippen molar-refractivity contribution in [2.24, 2.45) is 11.5 Å². The predicted octanol–water partition coefficient (Wildman–Crippen LogP) is -0.215. The fourth-order valence-corrected chi connectivity index (χ4v) is 2.29. The quantitative estimate of drug-likeness (QED) is 0.412. The fraction of sp³-hybridized carbons (Fsp3) is 0.500. The number of hydrogen-bond donors (Lipinski definition) is 4. The summed E-state index contributed by atoms with van der Waals surface area (Å²) in [6.45, 7) is 2.07. The molecule has 137 valence electrons. The Morgan fingerprint density at radius 3 is 2.36 bits per heavy atom. The zero-order valence-electron chi connectivity index (χ0n) is 14.5. The van der Waals surface area contributed by atoms with Gasteiger partial charge in [-0.1, -0.05) is 30.3 Å². The lowest BCUT2D eigenvalue weighted by molar-refractivity contribution is -0.129. The van der Waals surface area contributed by atoms with E-state index in [1.165, 1.54) is 0 Å². The van der Waals surface area contributed by atoms with E-state index in [1.54, 1.807) is 6.92 Å². The van der Waals surface area contributed by atoms with Gasteiger partial charge in [-0.05, 0) is 38.3 Å². The summed E-state index contributed by atoms with van der Waals surface area (Å²) < 4.78 is 0. The van der Waals surface area contributed by atoms with Crippen LogP contribution >= 0.6 is 0 Å². The van der Waals surface area contributed by atoms with Gasteiger partial charge < -0.3 is 22.1 Å². The first-order valence-electron chi connectivity index (χ1n) is 8.46. The highest BCUT2D eigenvalue weighted by atomic mass is 16.2. The van der Waals surface area contributed by atoms with Gasteiger partial charge in [0.1, 0.15) is 6.04 Å². The van der Waals surface area contributed by atoms with Crippen LogP contribution in [0.5, 0.6) is 0 Å². The van der Waals surface area contributed by atoms with Crippen LogP contribution in [0.4, 0.5) is 0 Å². The lowest BCUT2D eigenvalue weighted by Gasteiger charge is -2.21. The van der Waals surface area contributed by atoms with Gasteiger partial charge in [0.2, 0.25) is 18.1 Å². The molecule has 0 saturated carbocycles. The third-order valence-corrected chi connectivity index (χ3v) is 3.73. The predicted molar refractivity (Wildman–Crippen MR) is 96.3 cm³/mol. The van der Waals surface area contributed by atoms with Crippen molar-refractivity contribution in [2.75, 3.05) is 6.54 Å². The van der Waals surface area contributed by atoms with Gasteiger partial charge in [-0.15, -0.1) is 0 Å². The molecule has 7 nitrogen and oxygen atoms in total. The molecule has 1 radical (unpaired) electrons. The van der Waals surface area contributed by atoms with Gasteiger partial charge in [-0.2, -0.15) is 0 Å². The zero-order chi connectivity index (χ0) is 18.7. The molecule has 0 aliphatic rings. The Morgan fingerprint density at radius 2 is 1.80 bits per heavy atom. The minimum absolute atomic E-state index is 0.305. The van der Waals surface area contributed by atoms with Gasteiger partial charge in [0.25, 0.3) is 0 Å². The molecule has 0 aliphatic carbocycles. The second-order valence-electron chi connectivity index (χ2n) is 6.00. The monoisotopic (exact) mass is 347 g/mol. The molecule has 0 fully saturated rings. The van der Waals surface area contributed by atoms with Gasteiger partial charge >= 0.3 is 0 Å². The maximum atomic E-state index is 12.5. The molecular weight excluding hydrogens is 320 g/mol. The van der Waals surface area contributed by atoms with Gasteiger partial charge in [-0.25, -0.2) is 0 Å². The lowest BCUT2D eigenvalue weighted by atomic mass is 10.0. The number of benzene rings is 1. The van der Waals surface area contributed by atoms with Gasteiger partial charge in [0, 0.05) is 6.42 Å². The molecule has 0 aliphatic heterocycles. The van der Waals surface area contributed by atoms with Crippen LogP contribution in [-0.2, 0) is 20.8 Å². The van der Waals surface area contributed by atoms with E-state index in [4.69, 9.17) is 11.5 Å². The SMILES string of the molecule is C[C@@H](N)C(=O)N[C@@H](Cc1ccccc1)C(=O)N[C@H]([C]=O)CCCCN. The first-order valence-corrected chi connectivity index (χ1v) is 8.46. The van der Waals surface area contributed by atoms with Crippen LogP contribution in [0.25, 0.3) is 0 Å². The molecule has 0 spiro atoms. The van der Waals surface area contributed by atoms with E-state index in [-0.39, 0.29) is 0 Å². The Labute approximate surface area is 148 Å². The Kier molecular flexibility index (Phi) is 9.42. The number of carbonyl (C=O) groups excluding carboxylic acids is 3. The summed E-state index contributed by atoms with van der Waals surface area (Å²) in [5.41, 5.74) is 11.9. The van der Waals surface area contributed by atoms with Crippen LogP contribution < -0.4 is 22.1 Å². The van der Waals surface area contributed by atoms with Crippen molar-refractivity contribution in [3.63, 3.8) is 0 Å². The first-order chi connectivity index (χ1) is 12.0. The number of carbonyl (C=O) groups is 2. The Bertz CT molecular complexity index is 549. The van der Waals surface area contributed by atoms with E-state index in [0.717, 1.165) is 12.0 Å². The van der Waals surface area contributed by atoms with Crippen molar-refractivity contribution in [3.8, 4) is 0 Å². The highest BCUT2D eigenvalue weighted by Gasteiger charge is 2.24. The molecule has 1 aromatic rings. The van der Waals surface area contributed by atoms with Crippen LogP contribution in [-0.4, -0.2) is 42.8 Å². The Hall–Kier alpha value is -2.25. The maximum absolute atomic E-state index is 12.5. The molecule has 0 saturated heterocycles. The second-order valence-corrected chi connectivity index (χ2v) is 6.00. The van der Waals surface area contributed by atoms with Crippen molar-refractivity contribution in [1.29, 1.82) is 0 Å². The van der Waals surface area contributed by atoms with Crippen LogP contribution in [0, 0.1) is 0 Å². The third-order valence-electron chi connectivity index (χ3n) is 3.73. The van der Waals surface area contributed by atoms with E-state index >= 15 is 0 Å². The number of nitrogens with two attached hydrogens (primary N) is 2. The molecule has 0 heterocycles. The molecule has 25 heavy (non-hydrogen) atoms. The smallest absolute Gasteiger partial charge is 0.243 e. The van der Waals surface area contributed by atoms with Crippen molar-refractivity contribution in [2.45, 2.75) is 50.7 Å². The average Bonchev–Trinajstić information content (AvgIpc) is 2.61. The van der Waals surface area contributed by atoms with E-state index in [2.05, 4.69) is 10.6 Å². The van der Waals surface area contributed by atoms with Crippen LogP contribution in [0.3, 0.4) is 0 Å². The molecule has 1 aromatic carbocycles. The third kappa shape index (κ3) is 7.91. The molecule has 2 amide bonds. The molecule has 1 rings (SSSR count). The summed E-state index contributed by atoms with van der Waals surface area (Å²) in [7, 11) is 0. The minimum atomic E-state index is -0.814. The standard InChI is InChI=1S/C18H27N4O3/c1-13(20)17(24)22-16(11-14-7-3-2-4-8-14)18(25)21-15(12-23)9-5-6-10-19/h2-4,7-8,13,15-16H,5-6,9-11,19-20H2,1H3,(H,21,25)(H,22,24)/t13-,15+,16+/m1/s1. The number of nitrogens with one attached hydrogen (secondary N) is 2. The summed E-state index contributed by atoms with van der Waals surface area (Å²) >= 11 is 0. The lowest BCUT2D eigenvalue weighted by Crippen LogP contribution is -2.53.